The molecule has 1 aliphatic rings. The molecule has 40 heavy (non-hydrogen) atoms. The van der Waals surface area contributed by atoms with Crippen LogP contribution in [0, 0.1) is 11.8 Å². The number of methoxy groups -OCH3 is 1. The number of anilines is 1. The molecule has 1 aliphatic heterocycles. The van der Waals surface area contributed by atoms with Crippen molar-refractivity contribution in [3.05, 3.63) is 59.7 Å². The maximum Gasteiger partial charge on any atom is 0.389 e. The third kappa shape index (κ3) is 8.20. The first-order valence-electron chi connectivity index (χ1n) is 12.0. The number of fused-ring (bicyclic) bond motifs is 1. The Morgan fingerprint density at radius 1 is 0.975 bits per heavy atom. The van der Waals surface area contributed by atoms with Gasteiger partial charge in [-0.3, -0.25) is 14.4 Å². The van der Waals surface area contributed by atoms with Crippen LogP contribution < -0.4 is 15.4 Å². The fraction of sp³-hybridized carbons (Fsp3) is 0.385. The van der Waals surface area contributed by atoms with E-state index in [9.17, 15) is 45.8 Å². The smallest absolute Gasteiger partial charge is 0.389 e. The van der Waals surface area contributed by atoms with Gasteiger partial charge in [0.25, 0.3) is 5.91 Å². The molecule has 3 unspecified atom stereocenters. The number of aliphatic carboxylic acids is 1. The van der Waals surface area contributed by atoms with Crippen molar-refractivity contribution in [2.75, 3.05) is 12.4 Å². The number of alkyl halides is 6. The standard InChI is InChI=1S/C26H25F6N3O5/c1-40-15-8-6-14(7-9-15)20-18-4-2-3-5-19(18)33-23(37)21(34-20)35-22(36)16(10-12-25(27,28)29)17(24(38)39)11-13-26(30,31)32/h2-9,16-17,21H,10-13H2,1H3,(H,33,37)(H,35,36)(H,38,39). The second-order valence-corrected chi connectivity index (χ2v) is 9.01. The molecule has 0 radical (unpaired) electrons. The average molecular weight is 573 g/mol. The van der Waals surface area contributed by atoms with Gasteiger partial charge in [-0.05, 0) is 43.2 Å². The molecule has 0 saturated heterocycles. The molecule has 8 nitrogen and oxygen atoms in total. The summed E-state index contributed by atoms with van der Waals surface area (Å²) in [4.78, 5) is 42.3. The van der Waals surface area contributed by atoms with Crippen molar-refractivity contribution in [1.29, 1.82) is 0 Å². The van der Waals surface area contributed by atoms with Crippen LogP contribution in [0.2, 0.25) is 0 Å². The molecular weight excluding hydrogens is 548 g/mol. The summed E-state index contributed by atoms with van der Waals surface area (Å²) in [6.07, 6.45) is -16.8. The van der Waals surface area contributed by atoms with E-state index in [-0.39, 0.29) is 5.71 Å². The Hall–Kier alpha value is -4.10. The minimum atomic E-state index is -4.81. The molecule has 0 fully saturated rings. The zero-order valence-electron chi connectivity index (χ0n) is 21.0. The SMILES string of the molecule is COc1ccc(C2=NC(NC(=O)C(CCC(F)(F)F)C(CCC(F)(F)F)C(=O)O)C(=O)Nc3ccccc32)cc1. The number of rotatable bonds is 10. The van der Waals surface area contributed by atoms with E-state index in [2.05, 4.69) is 15.6 Å². The van der Waals surface area contributed by atoms with Gasteiger partial charge in [-0.1, -0.05) is 18.2 Å². The molecule has 2 aromatic carbocycles. The number of ether oxygens (including phenoxy) is 1. The van der Waals surface area contributed by atoms with E-state index in [0.717, 1.165) is 0 Å². The van der Waals surface area contributed by atoms with Gasteiger partial charge in [0.1, 0.15) is 5.75 Å². The molecule has 3 N–H and O–H groups in total. The molecule has 0 aromatic heterocycles. The predicted molar refractivity (Wildman–Crippen MR) is 131 cm³/mol. The van der Waals surface area contributed by atoms with Crippen LogP contribution in [0.5, 0.6) is 5.75 Å². The maximum atomic E-state index is 13.2. The number of nitrogens with one attached hydrogen (secondary N) is 2. The van der Waals surface area contributed by atoms with Crippen LogP contribution in [0.1, 0.15) is 36.8 Å². The third-order valence-corrected chi connectivity index (χ3v) is 6.21. The number of halogens is 6. The summed E-state index contributed by atoms with van der Waals surface area (Å²) in [6.45, 7) is 0. The van der Waals surface area contributed by atoms with Crippen molar-refractivity contribution in [2.45, 2.75) is 44.2 Å². The Morgan fingerprint density at radius 3 is 2.10 bits per heavy atom. The lowest BCUT2D eigenvalue weighted by Crippen LogP contribution is -2.47. The minimum Gasteiger partial charge on any atom is -0.497 e. The van der Waals surface area contributed by atoms with Crippen molar-refractivity contribution >= 4 is 29.2 Å². The number of nitrogens with zero attached hydrogens (tertiary/aromatic N) is 1. The molecule has 1 heterocycles. The molecule has 0 saturated carbocycles. The van der Waals surface area contributed by atoms with E-state index in [0.29, 0.717) is 22.6 Å². The molecule has 3 rings (SSSR count). The molecule has 216 valence electrons. The van der Waals surface area contributed by atoms with Gasteiger partial charge in [-0.25, -0.2) is 4.99 Å². The third-order valence-electron chi connectivity index (χ3n) is 6.21. The number of aliphatic imine (C=N–C) groups is 1. The molecule has 2 aromatic rings. The van der Waals surface area contributed by atoms with Crippen LogP contribution in [0.4, 0.5) is 32.0 Å². The van der Waals surface area contributed by atoms with Gasteiger partial charge in [0.05, 0.1) is 30.3 Å². The quantitative estimate of drug-likeness (QED) is 0.349. The minimum absolute atomic E-state index is 0.209. The van der Waals surface area contributed by atoms with Crippen LogP contribution >= 0.6 is 0 Å². The van der Waals surface area contributed by atoms with Crippen LogP contribution in [0.15, 0.2) is 53.5 Å². The molecule has 0 bridgehead atoms. The summed E-state index contributed by atoms with van der Waals surface area (Å²) in [7, 11) is 1.45. The first-order chi connectivity index (χ1) is 18.7. The highest BCUT2D eigenvalue weighted by molar-refractivity contribution is 6.19. The molecule has 14 heteroatoms. The molecular formula is C26H25F6N3O5. The second-order valence-electron chi connectivity index (χ2n) is 9.01. The lowest BCUT2D eigenvalue weighted by atomic mass is 9.84. The van der Waals surface area contributed by atoms with Crippen molar-refractivity contribution in [2.24, 2.45) is 16.8 Å². The van der Waals surface area contributed by atoms with Crippen LogP contribution in [-0.2, 0) is 14.4 Å². The highest BCUT2D eigenvalue weighted by Crippen LogP contribution is 2.33. The molecule has 0 spiro atoms. The van der Waals surface area contributed by atoms with Gasteiger partial charge in [-0.15, -0.1) is 0 Å². The molecule has 0 aliphatic carbocycles. The van der Waals surface area contributed by atoms with Gasteiger partial charge in [0.2, 0.25) is 12.1 Å². The van der Waals surface area contributed by atoms with E-state index in [1.165, 1.54) is 7.11 Å². The lowest BCUT2D eigenvalue weighted by Gasteiger charge is -2.25. The first-order valence-corrected chi connectivity index (χ1v) is 12.0. The van der Waals surface area contributed by atoms with Gasteiger partial charge >= 0.3 is 18.3 Å². The monoisotopic (exact) mass is 573 g/mol. The van der Waals surface area contributed by atoms with Crippen molar-refractivity contribution in [3.8, 4) is 5.75 Å². The number of hydrogen-bond acceptors (Lipinski definition) is 5. The number of benzodiazepines with no additional fused rings is 1. The van der Waals surface area contributed by atoms with Crippen molar-refractivity contribution in [3.63, 3.8) is 0 Å². The van der Waals surface area contributed by atoms with E-state index in [4.69, 9.17) is 4.74 Å². The summed E-state index contributed by atoms with van der Waals surface area (Å²) in [5.74, 6) is -7.72. The summed E-state index contributed by atoms with van der Waals surface area (Å²) in [5, 5.41) is 14.2. The Morgan fingerprint density at radius 2 is 1.55 bits per heavy atom. The van der Waals surface area contributed by atoms with Crippen molar-refractivity contribution < 1.29 is 50.6 Å². The number of para-hydroxylation sites is 1. The second kappa shape index (κ2) is 12.4. The van der Waals surface area contributed by atoms with E-state index >= 15 is 0 Å². The van der Waals surface area contributed by atoms with Gasteiger partial charge in [-0.2, -0.15) is 26.3 Å². The highest BCUT2D eigenvalue weighted by atomic mass is 19.4. The summed E-state index contributed by atoms with van der Waals surface area (Å²) >= 11 is 0. The maximum absolute atomic E-state index is 13.2. The van der Waals surface area contributed by atoms with Crippen LogP contribution in [-0.4, -0.2) is 54.2 Å². The van der Waals surface area contributed by atoms with Crippen LogP contribution in [0.25, 0.3) is 0 Å². The lowest BCUT2D eigenvalue weighted by molar-refractivity contribution is -0.159. The number of carbonyl (C=O) groups excluding carboxylic acids is 2. The topological polar surface area (TPSA) is 117 Å². The van der Waals surface area contributed by atoms with E-state index in [1.54, 1.807) is 48.5 Å². The molecule has 2 amide bonds. The fourth-order valence-corrected chi connectivity index (χ4v) is 4.23. The molecule has 3 atom stereocenters. The van der Waals surface area contributed by atoms with Crippen molar-refractivity contribution in [1.82, 2.24) is 5.32 Å². The predicted octanol–water partition coefficient (Wildman–Crippen LogP) is 4.93. The highest BCUT2D eigenvalue weighted by Gasteiger charge is 2.41. The Bertz CT molecular complexity index is 1260. The zero-order chi connectivity index (χ0) is 29.7. The number of amides is 2. The van der Waals surface area contributed by atoms with E-state index < -0.39 is 73.8 Å². The summed E-state index contributed by atoms with van der Waals surface area (Å²) in [6, 6.07) is 12.9. The fourth-order valence-electron chi connectivity index (χ4n) is 4.23. The van der Waals surface area contributed by atoms with Gasteiger partial charge < -0.3 is 20.5 Å². The van der Waals surface area contributed by atoms with E-state index in [1.807, 2.05) is 0 Å². The number of carboxylic acid groups (broad SMARTS) is 1. The normalized spacial score (nSPS) is 17.0. The number of carboxylic acids is 1. The Kier molecular flexibility index (Phi) is 9.43. The number of hydrogen-bond donors (Lipinski definition) is 3. The van der Waals surface area contributed by atoms with Gasteiger partial charge in [0, 0.05) is 24.0 Å². The number of benzene rings is 2. The Labute approximate surface area is 224 Å². The largest absolute Gasteiger partial charge is 0.497 e. The van der Waals surface area contributed by atoms with Crippen LogP contribution in [0.3, 0.4) is 0 Å². The summed E-state index contributed by atoms with van der Waals surface area (Å²) < 4.78 is 82.5. The van der Waals surface area contributed by atoms with Gasteiger partial charge in [0.15, 0.2) is 0 Å². The average Bonchev–Trinajstić information content (AvgIpc) is 3.00. The first kappa shape index (κ1) is 30.4. The number of carbonyl (C=O) groups is 3. The summed E-state index contributed by atoms with van der Waals surface area (Å²) in [5.41, 5.74) is 1.44. The zero-order valence-corrected chi connectivity index (χ0v) is 21.0. The Balaban J connectivity index is 1.98.